The van der Waals surface area contributed by atoms with Crippen molar-refractivity contribution in [1.82, 2.24) is 0 Å². The number of carbonyl (C=O) groups excluding carboxylic acids is 1. The molecule has 0 saturated heterocycles. The molecule has 0 bridgehead atoms. The number of rotatable bonds is 5. The number of carbonyl (C=O) groups is 1. The van der Waals surface area contributed by atoms with Gasteiger partial charge in [0, 0.05) is 16.6 Å². The Morgan fingerprint density at radius 3 is 2.12 bits per heavy atom. The number of thioether (sulfide) groups is 1. The minimum absolute atomic E-state index is 0.0167. The maximum Gasteiger partial charge on any atom is 0.416 e. The zero-order chi connectivity index (χ0) is 24.9. The fraction of sp³-hybridized carbons (Fsp3) is 0.423. The van der Waals surface area contributed by atoms with Crippen LogP contribution in [-0.4, -0.2) is 22.4 Å². The number of cyclic esters (lactones) is 1. The van der Waals surface area contributed by atoms with E-state index in [0.717, 1.165) is 28.8 Å². The molecule has 0 amide bonds. The molecule has 1 N–H and O–H groups in total. The highest BCUT2D eigenvalue weighted by atomic mass is 32.2. The summed E-state index contributed by atoms with van der Waals surface area (Å²) in [5.41, 5.74) is 3.12. The van der Waals surface area contributed by atoms with Crippen LogP contribution in [-0.2, 0) is 15.7 Å². The van der Waals surface area contributed by atoms with Crippen LogP contribution >= 0.6 is 11.8 Å². The quantitative estimate of drug-likeness (QED) is 0.350. The van der Waals surface area contributed by atoms with E-state index in [9.17, 15) is 23.1 Å². The average Bonchev–Trinajstić information content (AvgIpc) is 2.70. The van der Waals surface area contributed by atoms with E-state index >= 15 is 0 Å². The second kappa shape index (κ2) is 11.1. The highest BCUT2D eigenvalue weighted by molar-refractivity contribution is 7.99. The lowest BCUT2D eigenvalue weighted by Gasteiger charge is -2.27. The van der Waals surface area contributed by atoms with Crippen LogP contribution in [0.2, 0.25) is 0 Å². The fourth-order valence-corrected chi connectivity index (χ4v) is 5.08. The first-order chi connectivity index (χ1) is 15.5. The van der Waals surface area contributed by atoms with Gasteiger partial charge in [-0.05, 0) is 68.1 Å². The van der Waals surface area contributed by atoms with E-state index < -0.39 is 23.8 Å². The van der Waals surface area contributed by atoms with Crippen LogP contribution in [0.1, 0.15) is 61.4 Å². The molecule has 1 aliphatic heterocycles. The van der Waals surface area contributed by atoms with Crippen molar-refractivity contribution in [3.05, 3.63) is 70.0 Å². The minimum Gasteiger partial charge on any atom is -0.511 e. The van der Waals surface area contributed by atoms with Gasteiger partial charge >= 0.3 is 12.1 Å². The van der Waals surface area contributed by atoms with E-state index in [0.29, 0.717) is 16.9 Å². The molecule has 0 aromatic heterocycles. The van der Waals surface area contributed by atoms with Crippen molar-refractivity contribution < 1.29 is 27.8 Å². The van der Waals surface area contributed by atoms with Crippen LogP contribution in [0.3, 0.4) is 0 Å². The Morgan fingerprint density at radius 1 is 1.09 bits per heavy atom. The smallest absolute Gasteiger partial charge is 0.416 e. The number of hydrogen-bond donors (Lipinski definition) is 1. The lowest BCUT2D eigenvalue weighted by atomic mass is 9.90. The number of ether oxygens (including phenoxy) is 1. The first-order valence-corrected chi connectivity index (χ1v) is 11.9. The summed E-state index contributed by atoms with van der Waals surface area (Å²) in [5, 5.41) is 10.6. The average molecular weight is 481 g/mol. The molecule has 2 aromatic carbocycles. The number of aryl methyl sites for hydroxylation is 3. The molecular formula is C26H31F3O3S. The van der Waals surface area contributed by atoms with Gasteiger partial charge in [0.25, 0.3) is 0 Å². The van der Waals surface area contributed by atoms with Gasteiger partial charge in [-0.15, -0.1) is 11.8 Å². The summed E-state index contributed by atoms with van der Waals surface area (Å²) in [5.74, 6) is -0.529. The van der Waals surface area contributed by atoms with Gasteiger partial charge in [-0.2, -0.15) is 13.2 Å². The van der Waals surface area contributed by atoms with Crippen LogP contribution in [0.4, 0.5) is 13.2 Å². The van der Waals surface area contributed by atoms with Crippen molar-refractivity contribution in [1.29, 1.82) is 0 Å². The molecule has 0 spiro atoms. The highest BCUT2D eigenvalue weighted by Crippen LogP contribution is 2.36. The summed E-state index contributed by atoms with van der Waals surface area (Å²) < 4.78 is 43.7. The Labute approximate surface area is 198 Å². The number of hydrogen-bond acceptors (Lipinski definition) is 4. The zero-order valence-corrected chi connectivity index (χ0v) is 20.7. The topological polar surface area (TPSA) is 46.5 Å². The molecule has 2 aromatic rings. The number of aliphatic hydroxyl groups excluding tert-OH is 1. The minimum atomic E-state index is -4.36. The maximum atomic E-state index is 12.7. The SMILES string of the molecule is CC.Cc1cc(C)c(C2=C(O)CC(CC(C)Sc3ccc(C(F)(F)F)cc3)OC2=O)c(C)c1. The molecule has 180 valence electrons. The lowest BCUT2D eigenvalue weighted by Crippen LogP contribution is -2.28. The third-order valence-corrected chi connectivity index (χ3v) is 6.37. The Morgan fingerprint density at radius 2 is 1.64 bits per heavy atom. The number of esters is 1. The molecule has 0 fully saturated rings. The molecule has 3 rings (SSSR count). The summed E-state index contributed by atoms with van der Waals surface area (Å²) in [6, 6.07) is 8.92. The van der Waals surface area contributed by atoms with Gasteiger partial charge in [0.1, 0.15) is 17.4 Å². The molecule has 3 nitrogen and oxygen atoms in total. The number of halogens is 3. The molecule has 0 radical (unpaired) electrons. The summed E-state index contributed by atoms with van der Waals surface area (Å²) in [6.07, 6.45) is -4.16. The predicted molar refractivity (Wildman–Crippen MR) is 127 cm³/mol. The van der Waals surface area contributed by atoms with Gasteiger partial charge in [-0.25, -0.2) is 4.79 Å². The Balaban J connectivity index is 0.00000187. The van der Waals surface area contributed by atoms with Crippen molar-refractivity contribution in [3.8, 4) is 0 Å². The third kappa shape index (κ3) is 6.79. The van der Waals surface area contributed by atoms with E-state index in [1.54, 1.807) is 0 Å². The Kier molecular flexibility index (Phi) is 9.06. The zero-order valence-electron chi connectivity index (χ0n) is 19.8. The van der Waals surface area contributed by atoms with Gasteiger partial charge in [0.15, 0.2) is 0 Å². The maximum absolute atomic E-state index is 12.7. The van der Waals surface area contributed by atoms with E-state index in [2.05, 4.69) is 0 Å². The van der Waals surface area contributed by atoms with Crippen LogP contribution in [0, 0.1) is 20.8 Å². The first kappa shape index (κ1) is 26.8. The van der Waals surface area contributed by atoms with Crippen LogP contribution in [0.25, 0.3) is 5.57 Å². The van der Waals surface area contributed by atoms with E-state index in [1.165, 1.54) is 23.9 Å². The second-order valence-electron chi connectivity index (χ2n) is 8.01. The molecule has 0 aliphatic carbocycles. The predicted octanol–water partition coefficient (Wildman–Crippen LogP) is 7.81. The summed E-state index contributed by atoms with van der Waals surface area (Å²) in [7, 11) is 0. The van der Waals surface area contributed by atoms with Crippen molar-refractivity contribution in [2.75, 3.05) is 0 Å². The van der Waals surface area contributed by atoms with Crippen LogP contribution in [0.5, 0.6) is 0 Å². The summed E-state index contributed by atoms with van der Waals surface area (Å²) in [4.78, 5) is 13.4. The third-order valence-electron chi connectivity index (χ3n) is 5.23. The van der Waals surface area contributed by atoms with Crippen molar-refractivity contribution in [2.24, 2.45) is 0 Å². The van der Waals surface area contributed by atoms with Crippen molar-refractivity contribution in [2.45, 2.75) is 76.8 Å². The monoisotopic (exact) mass is 480 g/mol. The van der Waals surface area contributed by atoms with Gasteiger partial charge in [0.05, 0.1) is 5.56 Å². The molecule has 1 aliphatic rings. The fourth-order valence-electron chi connectivity index (χ4n) is 4.01. The van der Waals surface area contributed by atoms with E-state index in [1.807, 2.05) is 53.7 Å². The largest absolute Gasteiger partial charge is 0.511 e. The van der Waals surface area contributed by atoms with E-state index in [-0.39, 0.29) is 23.0 Å². The van der Waals surface area contributed by atoms with Gasteiger partial charge in [0.2, 0.25) is 0 Å². The van der Waals surface area contributed by atoms with Gasteiger partial charge < -0.3 is 9.84 Å². The molecule has 7 heteroatoms. The first-order valence-electron chi connectivity index (χ1n) is 11.0. The van der Waals surface area contributed by atoms with Crippen LogP contribution in [0.15, 0.2) is 47.1 Å². The van der Waals surface area contributed by atoms with Gasteiger partial charge in [-0.3, -0.25) is 0 Å². The molecule has 2 atom stereocenters. The standard InChI is InChI=1S/C24H25F3O3S.C2H6/c1-13-9-14(2)21(15(3)10-13)22-20(28)12-18(30-23(22)29)11-16(4)31-19-7-5-17(6-8-19)24(25,26)27;1-2/h5-10,16,18,28H,11-12H2,1-4H3;1-2H3. The summed E-state index contributed by atoms with van der Waals surface area (Å²) in [6.45, 7) is 11.7. The number of benzene rings is 2. The Bertz CT molecular complexity index is 987. The molecular weight excluding hydrogens is 449 g/mol. The second-order valence-corrected chi connectivity index (χ2v) is 9.53. The molecule has 1 heterocycles. The number of aliphatic hydroxyl groups is 1. The van der Waals surface area contributed by atoms with Crippen LogP contribution < -0.4 is 0 Å². The lowest BCUT2D eigenvalue weighted by molar-refractivity contribution is -0.144. The normalized spacial score (nSPS) is 17.2. The van der Waals surface area contributed by atoms with Crippen molar-refractivity contribution >= 4 is 23.3 Å². The summed E-state index contributed by atoms with van der Waals surface area (Å²) >= 11 is 1.41. The Hall–Kier alpha value is -2.41. The molecule has 33 heavy (non-hydrogen) atoms. The molecule has 0 saturated carbocycles. The molecule has 2 unspecified atom stereocenters. The highest BCUT2D eigenvalue weighted by Gasteiger charge is 2.33. The van der Waals surface area contributed by atoms with Gasteiger partial charge in [-0.1, -0.05) is 38.5 Å². The van der Waals surface area contributed by atoms with Crippen molar-refractivity contribution in [3.63, 3.8) is 0 Å². The number of alkyl halides is 3. The van der Waals surface area contributed by atoms with E-state index in [4.69, 9.17) is 4.74 Å².